The van der Waals surface area contributed by atoms with E-state index in [-0.39, 0.29) is 12.4 Å². The summed E-state index contributed by atoms with van der Waals surface area (Å²) < 4.78 is 19.4. The van der Waals surface area contributed by atoms with Crippen molar-refractivity contribution in [3.05, 3.63) is 101 Å². The van der Waals surface area contributed by atoms with E-state index in [1.165, 1.54) is 11.6 Å². The summed E-state index contributed by atoms with van der Waals surface area (Å²) in [5.41, 5.74) is 3.10. The van der Waals surface area contributed by atoms with Crippen LogP contribution < -0.4 is 10.1 Å². The van der Waals surface area contributed by atoms with Gasteiger partial charge in [0, 0.05) is 18.2 Å². The normalized spacial score (nSPS) is 11.9. The SMILES string of the molecule is C[C@H](CCc1ccccc1)NCc1cccc(OCc2ccccc2F)c1. The summed E-state index contributed by atoms with van der Waals surface area (Å²) in [6.07, 6.45) is 2.16. The molecule has 0 aliphatic heterocycles. The molecular weight excluding hydrogens is 337 g/mol. The van der Waals surface area contributed by atoms with Crippen LogP contribution in [0.1, 0.15) is 30.0 Å². The molecular formula is C24H26FNO. The maximum absolute atomic E-state index is 13.7. The molecule has 0 radical (unpaired) electrons. The first-order valence-corrected chi connectivity index (χ1v) is 9.43. The molecule has 3 aromatic carbocycles. The van der Waals surface area contributed by atoms with Crippen LogP contribution in [0.3, 0.4) is 0 Å². The number of hydrogen-bond acceptors (Lipinski definition) is 2. The third-order valence-corrected chi connectivity index (χ3v) is 4.61. The number of hydrogen-bond donors (Lipinski definition) is 1. The summed E-state index contributed by atoms with van der Waals surface area (Å²) in [5.74, 6) is 0.525. The van der Waals surface area contributed by atoms with Crippen molar-refractivity contribution in [3.63, 3.8) is 0 Å². The van der Waals surface area contributed by atoms with Crippen molar-refractivity contribution in [2.24, 2.45) is 0 Å². The van der Waals surface area contributed by atoms with Crippen LogP contribution in [0.4, 0.5) is 4.39 Å². The number of nitrogens with one attached hydrogen (secondary N) is 1. The first kappa shape index (κ1) is 19.1. The Morgan fingerprint density at radius 3 is 2.44 bits per heavy atom. The Bertz CT molecular complexity index is 835. The summed E-state index contributed by atoms with van der Waals surface area (Å²) >= 11 is 0. The van der Waals surface area contributed by atoms with E-state index in [0.29, 0.717) is 11.6 Å². The van der Waals surface area contributed by atoms with E-state index in [9.17, 15) is 4.39 Å². The Hall–Kier alpha value is -2.65. The lowest BCUT2D eigenvalue weighted by Gasteiger charge is -2.14. The zero-order chi connectivity index (χ0) is 18.9. The van der Waals surface area contributed by atoms with Gasteiger partial charge in [0.1, 0.15) is 18.2 Å². The molecule has 3 heteroatoms. The topological polar surface area (TPSA) is 21.3 Å². The second kappa shape index (κ2) is 9.89. The molecule has 3 rings (SSSR count). The molecule has 27 heavy (non-hydrogen) atoms. The van der Waals surface area contributed by atoms with E-state index in [0.717, 1.165) is 30.7 Å². The first-order chi connectivity index (χ1) is 13.2. The van der Waals surface area contributed by atoms with Crippen LogP contribution in [0.2, 0.25) is 0 Å². The van der Waals surface area contributed by atoms with Crippen LogP contribution in [0.5, 0.6) is 5.75 Å². The minimum absolute atomic E-state index is 0.233. The largest absolute Gasteiger partial charge is 0.489 e. The van der Waals surface area contributed by atoms with Crippen LogP contribution in [0.25, 0.3) is 0 Å². The van der Waals surface area contributed by atoms with E-state index < -0.39 is 0 Å². The second-order valence-electron chi connectivity index (χ2n) is 6.83. The molecule has 0 aliphatic carbocycles. The molecule has 0 aromatic heterocycles. The minimum Gasteiger partial charge on any atom is -0.489 e. The van der Waals surface area contributed by atoms with Gasteiger partial charge in [0.05, 0.1) is 0 Å². The van der Waals surface area contributed by atoms with Crippen LogP contribution in [-0.4, -0.2) is 6.04 Å². The summed E-state index contributed by atoms with van der Waals surface area (Å²) in [4.78, 5) is 0. The molecule has 0 saturated carbocycles. The second-order valence-corrected chi connectivity index (χ2v) is 6.83. The van der Waals surface area contributed by atoms with Crippen molar-refractivity contribution in [2.45, 2.75) is 39.0 Å². The monoisotopic (exact) mass is 363 g/mol. The number of rotatable bonds is 9. The fourth-order valence-electron chi connectivity index (χ4n) is 2.94. The molecule has 3 aromatic rings. The highest BCUT2D eigenvalue weighted by Crippen LogP contribution is 2.17. The van der Waals surface area contributed by atoms with Crippen molar-refractivity contribution in [1.82, 2.24) is 5.32 Å². The van der Waals surface area contributed by atoms with Crippen molar-refractivity contribution in [3.8, 4) is 5.75 Å². The van der Waals surface area contributed by atoms with Crippen molar-refractivity contribution in [1.29, 1.82) is 0 Å². The maximum Gasteiger partial charge on any atom is 0.129 e. The average Bonchev–Trinajstić information content (AvgIpc) is 2.71. The first-order valence-electron chi connectivity index (χ1n) is 9.43. The smallest absolute Gasteiger partial charge is 0.129 e. The molecule has 0 heterocycles. The van der Waals surface area contributed by atoms with E-state index in [4.69, 9.17) is 4.74 Å². The van der Waals surface area contributed by atoms with E-state index in [2.05, 4.69) is 42.6 Å². The average molecular weight is 363 g/mol. The standard InChI is InChI=1S/C24H26FNO/c1-19(14-15-20-8-3-2-4-9-20)26-17-21-10-7-12-23(16-21)27-18-22-11-5-6-13-24(22)25/h2-13,16,19,26H,14-15,17-18H2,1H3/t19-/m1/s1. The lowest BCUT2D eigenvalue weighted by atomic mass is 10.1. The van der Waals surface area contributed by atoms with Crippen LogP contribution in [0, 0.1) is 5.82 Å². The molecule has 1 N–H and O–H groups in total. The highest BCUT2D eigenvalue weighted by atomic mass is 19.1. The third-order valence-electron chi connectivity index (χ3n) is 4.61. The lowest BCUT2D eigenvalue weighted by Crippen LogP contribution is -2.25. The van der Waals surface area contributed by atoms with Crippen LogP contribution >= 0.6 is 0 Å². The van der Waals surface area contributed by atoms with Crippen molar-refractivity contribution in [2.75, 3.05) is 0 Å². The van der Waals surface area contributed by atoms with Gasteiger partial charge >= 0.3 is 0 Å². The van der Waals surface area contributed by atoms with Gasteiger partial charge in [0.2, 0.25) is 0 Å². The van der Waals surface area contributed by atoms with Crippen LogP contribution in [-0.2, 0) is 19.6 Å². The molecule has 2 nitrogen and oxygen atoms in total. The van der Waals surface area contributed by atoms with E-state index >= 15 is 0 Å². The Morgan fingerprint density at radius 2 is 1.63 bits per heavy atom. The number of aryl methyl sites for hydroxylation is 1. The molecule has 0 unspecified atom stereocenters. The molecule has 140 valence electrons. The number of halogens is 1. The molecule has 1 atom stereocenters. The molecule has 0 amide bonds. The summed E-state index contributed by atoms with van der Waals surface area (Å²) in [6, 6.07) is 25.6. The molecule has 0 aliphatic rings. The Balaban J connectivity index is 1.46. The van der Waals surface area contributed by atoms with E-state index in [1.807, 2.05) is 30.3 Å². The Kier molecular flexibility index (Phi) is 7.00. The van der Waals surface area contributed by atoms with Crippen molar-refractivity contribution >= 4 is 0 Å². The van der Waals surface area contributed by atoms with Gasteiger partial charge < -0.3 is 10.1 Å². The summed E-state index contributed by atoms with van der Waals surface area (Å²) in [7, 11) is 0. The predicted molar refractivity (Wildman–Crippen MR) is 108 cm³/mol. The van der Waals surface area contributed by atoms with Crippen LogP contribution in [0.15, 0.2) is 78.9 Å². The van der Waals surface area contributed by atoms with Gasteiger partial charge in [0.15, 0.2) is 0 Å². The Labute approximate surface area is 161 Å². The quantitative estimate of drug-likeness (QED) is 0.541. The highest BCUT2D eigenvalue weighted by Gasteiger charge is 2.05. The number of benzene rings is 3. The zero-order valence-electron chi connectivity index (χ0n) is 15.7. The summed E-state index contributed by atoms with van der Waals surface area (Å²) in [5, 5.41) is 3.56. The van der Waals surface area contributed by atoms with Gasteiger partial charge in [-0.3, -0.25) is 0 Å². The Morgan fingerprint density at radius 1 is 0.889 bits per heavy atom. The van der Waals surface area contributed by atoms with Gasteiger partial charge in [-0.1, -0.05) is 60.7 Å². The summed E-state index contributed by atoms with van der Waals surface area (Å²) in [6.45, 7) is 3.23. The highest BCUT2D eigenvalue weighted by molar-refractivity contribution is 5.29. The maximum atomic E-state index is 13.7. The van der Waals surface area contributed by atoms with E-state index in [1.54, 1.807) is 12.1 Å². The van der Waals surface area contributed by atoms with Gasteiger partial charge in [0.25, 0.3) is 0 Å². The third kappa shape index (κ3) is 6.22. The predicted octanol–water partition coefficient (Wildman–Crippen LogP) is 5.52. The van der Waals surface area contributed by atoms with Gasteiger partial charge in [-0.2, -0.15) is 0 Å². The van der Waals surface area contributed by atoms with Crippen molar-refractivity contribution < 1.29 is 9.13 Å². The molecule has 0 bridgehead atoms. The minimum atomic E-state index is -0.234. The lowest BCUT2D eigenvalue weighted by molar-refractivity contribution is 0.299. The number of ether oxygens (including phenoxy) is 1. The fourth-order valence-corrected chi connectivity index (χ4v) is 2.94. The van der Waals surface area contributed by atoms with Gasteiger partial charge in [-0.05, 0) is 49.1 Å². The zero-order valence-corrected chi connectivity index (χ0v) is 15.7. The molecule has 0 fully saturated rings. The fraction of sp³-hybridized carbons (Fsp3) is 0.250. The van der Waals surface area contributed by atoms with Gasteiger partial charge in [-0.15, -0.1) is 0 Å². The molecule has 0 saturated heterocycles. The molecule has 0 spiro atoms. The van der Waals surface area contributed by atoms with Gasteiger partial charge in [-0.25, -0.2) is 4.39 Å².